The fraction of sp³-hybridized carbons (Fsp3) is 0.222. The summed E-state index contributed by atoms with van der Waals surface area (Å²) >= 11 is 3.54. The zero-order valence-electron chi connectivity index (χ0n) is 11.8. The molecule has 0 radical (unpaired) electrons. The van der Waals surface area contributed by atoms with Gasteiger partial charge in [-0.15, -0.1) is 0 Å². The maximum atomic E-state index is 12.6. The third-order valence-corrected chi connectivity index (χ3v) is 4.93. The molecule has 0 unspecified atom stereocenters. The molecular weight excluding hydrogens is 342 g/mol. The van der Waals surface area contributed by atoms with Gasteiger partial charge in [0, 0.05) is 5.56 Å². The average Bonchev–Trinajstić information content (AvgIpc) is 2.93. The van der Waals surface area contributed by atoms with Crippen LogP contribution < -0.4 is 0 Å². The predicted octanol–water partition coefficient (Wildman–Crippen LogP) is 3.84. The molecule has 1 saturated heterocycles. The number of Topliss-reactive ketones (excluding diaryl/α,β-unsaturated/α-hetero) is 1. The largest absolute Gasteiger partial charge is 0.343 e. The topological polar surface area (TPSA) is 50.1 Å². The van der Waals surface area contributed by atoms with Gasteiger partial charge in [-0.25, -0.2) is 0 Å². The quantitative estimate of drug-likeness (QED) is 0.620. The number of rotatable bonds is 3. The number of nitrogens with zero attached hydrogens (tertiary/aromatic N) is 1. The molecule has 0 aromatic heterocycles. The van der Waals surface area contributed by atoms with Gasteiger partial charge in [0.2, 0.25) is 0 Å². The van der Waals surface area contributed by atoms with Gasteiger partial charge in [-0.05, 0) is 12.0 Å². The third kappa shape index (κ3) is 2.47. The number of carbonyl (C=O) groups excluding carboxylic acids is 1. The number of nitriles is 1. The van der Waals surface area contributed by atoms with E-state index in [-0.39, 0.29) is 10.6 Å². The Balaban J connectivity index is 1.91. The van der Waals surface area contributed by atoms with E-state index in [1.807, 2.05) is 48.5 Å². The lowest BCUT2D eigenvalue weighted by atomic mass is 9.92. The van der Waals surface area contributed by atoms with Crippen LogP contribution in [0.2, 0.25) is 0 Å². The van der Waals surface area contributed by atoms with Crippen molar-refractivity contribution in [3.05, 3.63) is 71.8 Å². The normalized spacial score (nSPS) is 27.3. The van der Waals surface area contributed by atoms with E-state index in [0.717, 1.165) is 5.56 Å². The molecule has 0 amide bonds. The first-order valence-electron chi connectivity index (χ1n) is 7.05. The van der Waals surface area contributed by atoms with Crippen LogP contribution in [0.1, 0.15) is 22.3 Å². The zero-order valence-corrected chi connectivity index (χ0v) is 13.4. The van der Waals surface area contributed by atoms with Crippen molar-refractivity contribution < 1.29 is 9.53 Å². The van der Waals surface area contributed by atoms with Gasteiger partial charge < -0.3 is 4.74 Å². The number of ketones is 1. The Morgan fingerprint density at radius 1 is 1.14 bits per heavy atom. The summed E-state index contributed by atoms with van der Waals surface area (Å²) in [4.78, 5) is 12.3. The minimum atomic E-state index is -1.13. The molecule has 0 aliphatic carbocycles. The molecule has 1 aliphatic heterocycles. The molecule has 1 heterocycles. The van der Waals surface area contributed by atoms with Crippen molar-refractivity contribution in [3.8, 4) is 6.07 Å². The summed E-state index contributed by atoms with van der Waals surface area (Å²) in [5.74, 6) is -0.0851. The smallest absolute Gasteiger partial charge is 0.192 e. The fourth-order valence-corrected chi connectivity index (χ4v) is 3.56. The summed E-state index contributed by atoms with van der Waals surface area (Å²) < 4.78 is 5.96. The fourth-order valence-electron chi connectivity index (χ4n) is 2.74. The Labute approximate surface area is 137 Å². The van der Waals surface area contributed by atoms with Gasteiger partial charge in [-0.2, -0.15) is 5.26 Å². The second-order valence-corrected chi connectivity index (χ2v) is 6.36. The Bertz CT molecular complexity index is 711. The van der Waals surface area contributed by atoms with E-state index in [0.29, 0.717) is 12.0 Å². The van der Waals surface area contributed by atoms with Crippen LogP contribution in [0.4, 0.5) is 0 Å². The Morgan fingerprint density at radius 3 is 2.32 bits per heavy atom. The number of halogens is 1. The van der Waals surface area contributed by atoms with Gasteiger partial charge in [0.15, 0.2) is 11.4 Å². The van der Waals surface area contributed by atoms with Crippen LogP contribution in [0.15, 0.2) is 60.7 Å². The van der Waals surface area contributed by atoms with E-state index in [1.165, 1.54) is 0 Å². The number of hydrogen-bond acceptors (Lipinski definition) is 3. The van der Waals surface area contributed by atoms with Crippen LogP contribution in [0.25, 0.3) is 0 Å². The second-order valence-electron chi connectivity index (χ2n) is 5.25. The summed E-state index contributed by atoms with van der Waals surface area (Å²) in [7, 11) is 0. The van der Waals surface area contributed by atoms with E-state index in [9.17, 15) is 10.1 Å². The van der Waals surface area contributed by atoms with E-state index >= 15 is 0 Å². The van der Waals surface area contributed by atoms with Crippen LogP contribution in [-0.4, -0.2) is 16.7 Å². The van der Waals surface area contributed by atoms with Crippen LogP contribution in [0, 0.1) is 11.3 Å². The van der Waals surface area contributed by atoms with E-state index in [1.54, 1.807) is 12.1 Å². The number of hydrogen-bond donors (Lipinski definition) is 0. The summed E-state index contributed by atoms with van der Waals surface area (Å²) in [6, 6.07) is 20.6. The van der Waals surface area contributed by atoms with Crippen molar-refractivity contribution in [1.29, 1.82) is 5.26 Å². The Hall–Kier alpha value is -1.96. The summed E-state index contributed by atoms with van der Waals surface area (Å²) in [5.41, 5.74) is 0.243. The molecule has 0 spiro atoms. The number of ether oxygens (including phenoxy) is 1. The molecule has 3 atom stereocenters. The first kappa shape index (κ1) is 15.0. The molecule has 3 nitrogen and oxygen atoms in total. The molecule has 2 aromatic rings. The predicted molar refractivity (Wildman–Crippen MR) is 86.7 cm³/mol. The molecule has 22 heavy (non-hydrogen) atoms. The lowest BCUT2D eigenvalue weighted by Crippen LogP contribution is -2.32. The Kier molecular flexibility index (Phi) is 4.10. The van der Waals surface area contributed by atoms with Crippen molar-refractivity contribution >= 4 is 21.7 Å². The first-order valence-corrected chi connectivity index (χ1v) is 7.97. The van der Waals surface area contributed by atoms with Crippen LogP contribution in [0.3, 0.4) is 0 Å². The van der Waals surface area contributed by atoms with Crippen molar-refractivity contribution in [2.75, 3.05) is 0 Å². The van der Waals surface area contributed by atoms with E-state index in [4.69, 9.17) is 4.74 Å². The Morgan fingerprint density at radius 2 is 1.73 bits per heavy atom. The molecule has 0 bridgehead atoms. The average molecular weight is 356 g/mol. The molecule has 4 heteroatoms. The van der Waals surface area contributed by atoms with E-state index in [2.05, 4.69) is 22.0 Å². The number of benzene rings is 2. The van der Waals surface area contributed by atoms with Gasteiger partial charge in [-0.3, -0.25) is 4.79 Å². The van der Waals surface area contributed by atoms with Crippen LogP contribution in [0.5, 0.6) is 0 Å². The van der Waals surface area contributed by atoms with Gasteiger partial charge in [0.25, 0.3) is 0 Å². The van der Waals surface area contributed by atoms with Crippen LogP contribution >= 0.6 is 15.9 Å². The molecule has 3 rings (SSSR count). The zero-order chi connectivity index (χ0) is 15.6. The van der Waals surface area contributed by atoms with Crippen molar-refractivity contribution in [1.82, 2.24) is 0 Å². The lowest BCUT2D eigenvalue weighted by molar-refractivity contribution is 0.00296. The van der Waals surface area contributed by atoms with Crippen molar-refractivity contribution in [2.24, 2.45) is 0 Å². The van der Waals surface area contributed by atoms with Crippen molar-refractivity contribution in [2.45, 2.75) is 23.0 Å². The molecule has 1 aliphatic rings. The third-order valence-electron chi connectivity index (χ3n) is 3.91. The second kappa shape index (κ2) is 6.04. The van der Waals surface area contributed by atoms with Gasteiger partial charge in [0.05, 0.1) is 4.83 Å². The number of alkyl halides is 1. The minimum Gasteiger partial charge on any atom is -0.343 e. The highest BCUT2D eigenvalue weighted by Crippen LogP contribution is 2.44. The summed E-state index contributed by atoms with van der Waals surface area (Å²) in [6.45, 7) is 0. The minimum absolute atomic E-state index is 0.0851. The molecule has 110 valence electrons. The maximum absolute atomic E-state index is 12.6. The van der Waals surface area contributed by atoms with Gasteiger partial charge in [-0.1, -0.05) is 76.6 Å². The van der Waals surface area contributed by atoms with Crippen LogP contribution in [-0.2, 0) is 10.3 Å². The van der Waals surface area contributed by atoms with Crippen molar-refractivity contribution in [3.63, 3.8) is 0 Å². The molecule has 0 N–H and O–H groups in total. The molecular formula is C18H14BrNO2. The highest BCUT2D eigenvalue weighted by atomic mass is 79.9. The van der Waals surface area contributed by atoms with Gasteiger partial charge >= 0.3 is 0 Å². The molecule has 0 saturated carbocycles. The lowest BCUT2D eigenvalue weighted by Gasteiger charge is -2.24. The first-order chi connectivity index (χ1) is 10.7. The standard InChI is InChI=1S/C18H14BrNO2/c19-16-11-15(17(21)13-7-3-1-4-8-13)22-18(16,12-20)14-9-5-2-6-10-14/h1-10,15-16H,11H2/t15-,16+,18-/m1/s1. The highest BCUT2D eigenvalue weighted by Gasteiger charge is 2.51. The highest BCUT2D eigenvalue weighted by molar-refractivity contribution is 9.09. The van der Waals surface area contributed by atoms with Gasteiger partial charge in [0.1, 0.15) is 12.2 Å². The summed E-state index contributed by atoms with van der Waals surface area (Å²) in [5, 5.41) is 9.69. The SMILES string of the molecule is N#C[C@]1(c2ccccc2)O[C@@H](C(=O)c2ccccc2)C[C@@H]1Br. The maximum Gasteiger partial charge on any atom is 0.192 e. The molecule has 1 fully saturated rings. The molecule has 2 aromatic carbocycles. The monoisotopic (exact) mass is 355 g/mol. The van der Waals surface area contributed by atoms with E-state index < -0.39 is 11.7 Å². The number of carbonyl (C=O) groups is 1. The summed E-state index contributed by atoms with van der Waals surface area (Å²) in [6.07, 6.45) is -0.150.